The highest BCUT2D eigenvalue weighted by atomic mass is 19.1. The number of halogens is 1. The molecule has 0 aliphatic carbocycles. The van der Waals surface area contributed by atoms with Gasteiger partial charge in [-0.1, -0.05) is 0 Å². The molecule has 0 radical (unpaired) electrons. The zero-order chi connectivity index (χ0) is 19.4. The normalized spacial score (nSPS) is 14.6. The van der Waals surface area contributed by atoms with E-state index in [0.717, 1.165) is 0 Å². The Morgan fingerprint density at radius 3 is 2.70 bits per heavy atom. The van der Waals surface area contributed by atoms with Gasteiger partial charge in [0.15, 0.2) is 5.60 Å². The standard InChI is InChI=1S/C20H21FN2O4/c1-20(2)19(25)23-16-10-7-14(12-17(16)27-20)22-18(24)4-3-11-26-15-8-5-13(21)6-9-15/h5-10,12H,3-4,11H2,1-2H3,(H,22,24)(H,23,25). The van der Waals surface area contributed by atoms with Crippen molar-refractivity contribution in [2.45, 2.75) is 32.3 Å². The van der Waals surface area contributed by atoms with Gasteiger partial charge in [0.1, 0.15) is 17.3 Å². The van der Waals surface area contributed by atoms with Gasteiger partial charge in [0.2, 0.25) is 5.91 Å². The minimum atomic E-state index is -0.965. The number of benzene rings is 2. The summed E-state index contributed by atoms with van der Waals surface area (Å²) in [5, 5.41) is 5.57. The van der Waals surface area contributed by atoms with Crippen molar-refractivity contribution in [2.24, 2.45) is 0 Å². The SMILES string of the molecule is CC1(C)Oc2cc(NC(=O)CCCOc3ccc(F)cc3)ccc2NC1=O. The van der Waals surface area contributed by atoms with Crippen LogP contribution in [0.5, 0.6) is 11.5 Å². The van der Waals surface area contributed by atoms with E-state index in [2.05, 4.69) is 10.6 Å². The molecule has 1 aliphatic rings. The van der Waals surface area contributed by atoms with Crippen molar-refractivity contribution in [1.29, 1.82) is 0 Å². The van der Waals surface area contributed by atoms with Crippen LogP contribution in [-0.4, -0.2) is 24.0 Å². The molecule has 27 heavy (non-hydrogen) atoms. The Bertz CT molecular complexity index is 850. The molecule has 6 nitrogen and oxygen atoms in total. The Morgan fingerprint density at radius 2 is 1.96 bits per heavy atom. The lowest BCUT2D eigenvalue weighted by molar-refractivity contribution is -0.129. The average Bonchev–Trinajstić information content (AvgIpc) is 2.61. The zero-order valence-corrected chi connectivity index (χ0v) is 15.2. The molecule has 3 rings (SSSR count). The van der Waals surface area contributed by atoms with Crippen molar-refractivity contribution in [2.75, 3.05) is 17.2 Å². The van der Waals surface area contributed by atoms with Crippen molar-refractivity contribution in [3.63, 3.8) is 0 Å². The Kier molecular flexibility index (Phi) is 5.30. The van der Waals surface area contributed by atoms with Crippen LogP contribution in [0, 0.1) is 5.82 Å². The molecule has 2 aromatic rings. The van der Waals surface area contributed by atoms with Gasteiger partial charge in [0.05, 0.1) is 12.3 Å². The molecule has 2 aromatic carbocycles. The Labute approximate surface area is 156 Å². The summed E-state index contributed by atoms with van der Waals surface area (Å²) < 4.78 is 24.0. The second kappa shape index (κ2) is 7.65. The van der Waals surface area contributed by atoms with Gasteiger partial charge in [-0.15, -0.1) is 0 Å². The quantitative estimate of drug-likeness (QED) is 0.758. The molecule has 2 amide bonds. The smallest absolute Gasteiger partial charge is 0.268 e. The van der Waals surface area contributed by atoms with E-state index in [0.29, 0.717) is 35.9 Å². The second-order valence-corrected chi connectivity index (χ2v) is 6.73. The summed E-state index contributed by atoms with van der Waals surface area (Å²) in [5.41, 5.74) is 0.197. The molecular weight excluding hydrogens is 351 g/mol. The van der Waals surface area contributed by atoms with Crippen molar-refractivity contribution >= 4 is 23.2 Å². The molecule has 7 heteroatoms. The van der Waals surface area contributed by atoms with Crippen LogP contribution in [-0.2, 0) is 9.59 Å². The van der Waals surface area contributed by atoms with Gasteiger partial charge < -0.3 is 20.1 Å². The number of anilines is 2. The molecule has 0 atom stereocenters. The Morgan fingerprint density at radius 1 is 1.22 bits per heavy atom. The molecule has 1 aliphatic heterocycles. The summed E-state index contributed by atoms with van der Waals surface area (Å²) in [6.45, 7) is 3.71. The van der Waals surface area contributed by atoms with Gasteiger partial charge in [-0.25, -0.2) is 4.39 Å². The van der Waals surface area contributed by atoms with Crippen molar-refractivity contribution in [3.05, 3.63) is 48.3 Å². The summed E-state index contributed by atoms with van der Waals surface area (Å²) >= 11 is 0. The van der Waals surface area contributed by atoms with Gasteiger partial charge in [0, 0.05) is 18.2 Å². The molecule has 2 N–H and O–H groups in total. The first-order valence-electron chi connectivity index (χ1n) is 8.66. The van der Waals surface area contributed by atoms with Crippen LogP contribution >= 0.6 is 0 Å². The van der Waals surface area contributed by atoms with E-state index >= 15 is 0 Å². The second-order valence-electron chi connectivity index (χ2n) is 6.73. The van der Waals surface area contributed by atoms with Crippen LogP contribution in [0.25, 0.3) is 0 Å². The van der Waals surface area contributed by atoms with Gasteiger partial charge >= 0.3 is 0 Å². The third-order valence-electron chi connectivity index (χ3n) is 4.06. The van der Waals surface area contributed by atoms with E-state index in [1.54, 1.807) is 44.2 Å². The summed E-state index contributed by atoms with van der Waals surface area (Å²) in [4.78, 5) is 24.0. The number of carbonyl (C=O) groups is 2. The molecule has 0 aromatic heterocycles. The molecule has 0 saturated heterocycles. The lowest BCUT2D eigenvalue weighted by Crippen LogP contribution is -2.45. The van der Waals surface area contributed by atoms with Gasteiger partial charge in [0.25, 0.3) is 5.91 Å². The number of hydrogen-bond donors (Lipinski definition) is 2. The fraction of sp³-hybridized carbons (Fsp3) is 0.300. The number of fused-ring (bicyclic) bond motifs is 1. The topological polar surface area (TPSA) is 76.7 Å². The predicted molar refractivity (Wildman–Crippen MR) is 99.5 cm³/mol. The molecule has 0 saturated carbocycles. The molecular formula is C20H21FN2O4. The Hall–Kier alpha value is -3.09. The molecule has 142 valence electrons. The maximum Gasteiger partial charge on any atom is 0.268 e. The zero-order valence-electron chi connectivity index (χ0n) is 15.2. The van der Waals surface area contributed by atoms with Gasteiger partial charge in [-0.05, 0) is 56.7 Å². The maximum atomic E-state index is 12.8. The fourth-order valence-electron chi connectivity index (χ4n) is 2.56. The average molecular weight is 372 g/mol. The number of carbonyl (C=O) groups excluding carboxylic acids is 2. The maximum absolute atomic E-state index is 12.8. The van der Waals surface area contributed by atoms with Crippen LogP contribution < -0.4 is 20.1 Å². The number of hydrogen-bond acceptors (Lipinski definition) is 4. The number of amides is 2. The Balaban J connectivity index is 1.48. The summed E-state index contributed by atoms with van der Waals surface area (Å²) in [6, 6.07) is 10.8. The van der Waals surface area contributed by atoms with E-state index in [1.807, 2.05) is 0 Å². The first-order valence-corrected chi connectivity index (χ1v) is 8.66. The minimum Gasteiger partial charge on any atom is -0.494 e. The minimum absolute atomic E-state index is 0.156. The summed E-state index contributed by atoms with van der Waals surface area (Å²) in [6.07, 6.45) is 0.801. The number of ether oxygens (including phenoxy) is 2. The third-order valence-corrected chi connectivity index (χ3v) is 4.06. The summed E-state index contributed by atoms with van der Waals surface area (Å²) in [5.74, 6) is 0.383. The molecule has 0 bridgehead atoms. The van der Waals surface area contributed by atoms with Crippen LogP contribution in [0.2, 0.25) is 0 Å². The van der Waals surface area contributed by atoms with Crippen molar-refractivity contribution in [3.8, 4) is 11.5 Å². The van der Waals surface area contributed by atoms with Crippen LogP contribution in [0.4, 0.5) is 15.8 Å². The summed E-state index contributed by atoms with van der Waals surface area (Å²) in [7, 11) is 0. The first-order chi connectivity index (χ1) is 12.8. The van der Waals surface area contributed by atoms with Crippen LogP contribution in [0.3, 0.4) is 0 Å². The highest BCUT2D eigenvalue weighted by molar-refractivity contribution is 6.01. The van der Waals surface area contributed by atoms with Gasteiger partial charge in [-0.3, -0.25) is 9.59 Å². The van der Waals surface area contributed by atoms with Gasteiger partial charge in [-0.2, -0.15) is 0 Å². The van der Waals surface area contributed by atoms with E-state index < -0.39 is 5.60 Å². The molecule has 0 fully saturated rings. The largest absolute Gasteiger partial charge is 0.494 e. The molecule has 0 spiro atoms. The fourth-order valence-corrected chi connectivity index (χ4v) is 2.56. The first kappa shape index (κ1) is 18.7. The van der Waals surface area contributed by atoms with Crippen molar-refractivity contribution < 1.29 is 23.5 Å². The molecule has 1 heterocycles. The van der Waals surface area contributed by atoms with E-state index in [9.17, 15) is 14.0 Å². The monoisotopic (exact) mass is 372 g/mol. The van der Waals surface area contributed by atoms with E-state index in [-0.39, 0.29) is 24.1 Å². The highest BCUT2D eigenvalue weighted by Crippen LogP contribution is 2.35. The lowest BCUT2D eigenvalue weighted by Gasteiger charge is -2.31. The molecule has 0 unspecified atom stereocenters. The highest BCUT2D eigenvalue weighted by Gasteiger charge is 2.35. The van der Waals surface area contributed by atoms with Crippen LogP contribution in [0.15, 0.2) is 42.5 Å². The number of rotatable bonds is 6. The van der Waals surface area contributed by atoms with Crippen LogP contribution in [0.1, 0.15) is 26.7 Å². The predicted octanol–water partition coefficient (Wildman–Crippen LogP) is 3.73. The van der Waals surface area contributed by atoms with E-state index in [1.165, 1.54) is 12.1 Å². The lowest BCUT2D eigenvalue weighted by atomic mass is 10.1. The van der Waals surface area contributed by atoms with Crippen molar-refractivity contribution in [1.82, 2.24) is 0 Å². The van der Waals surface area contributed by atoms with E-state index in [4.69, 9.17) is 9.47 Å². The number of nitrogens with one attached hydrogen (secondary N) is 2. The third kappa shape index (κ3) is 4.75.